The van der Waals surface area contributed by atoms with Crippen LogP contribution in [0.2, 0.25) is 0 Å². The zero-order valence-electron chi connectivity index (χ0n) is 14.3. The van der Waals surface area contributed by atoms with Gasteiger partial charge in [0.1, 0.15) is 0 Å². The van der Waals surface area contributed by atoms with E-state index in [2.05, 4.69) is 36.2 Å². The maximum Gasteiger partial charge on any atom is 0.238 e. The van der Waals surface area contributed by atoms with Crippen molar-refractivity contribution in [1.82, 2.24) is 4.90 Å². The van der Waals surface area contributed by atoms with Crippen molar-refractivity contribution in [2.45, 2.75) is 45.1 Å². The average molecular weight is 315 g/mol. The lowest BCUT2D eigenvalue weighted by Gasteiger charge is -2.29. The highest BCUT2D eigenvalue weighted by atomic mass is 16.2. The van der Waals surface area contributed by atoms with Gasteiger partial charge in [0.15, 0.2) is 0 Å². The molecule has 0 spiro atoms. The van der Waals surface area contributed by atoms with Crippen LogP contribution in [0.4, 0.5) is 5.69 Å². The summed E-state index contributed by atoms with van der Waals surface area (Å²) in [6.07, 6.45) is 3.65. The number of hydrogen-bond donors (Lipinski definition) is 2. The van der Waals surface area contributed by atoms with Gasteiger partial charge in [0.2, 0.25) is 5.91 Å². The van der Waals surface area contributed by atoms with Gasteiger partial charge in [0.05, 0.1) is 6.54 Å². The molecule has 1 amide bonds. The third-order valence-electron chi connectivity index (χ3n) is 5.43. The van der Waals surface area contributed by atoms with Crippen LogP contribution in [-0.2, 0) is 4.79 Å². The minimum atomic E-state index is 0.0816. The topological polar surface area (TPSA) is 58.4 Å². The predicted molar refractivity (Wildman–Crippen MR) is 94.4 cm³/mol. The highest BCUT2D eigenvalue weighted by Gasteiger charge is 2.38. The van der Waals surface area contributed by atoms with Crippen molar-refractivity contribution >= 4 is 11.6 Å². The lowest BCUT2D eigenvalue weighted by atomic mass is 9.78. The molecule has 1 saturated heterocycles. The summed E-state index contributed by atoms with van der Waals surface area (Å²) >= 11 is 0. The largest absolute Gasteiger partial charge is 0.327 e. The fourth-order valence-corrected chi connectivity index (χ4v) is 4.12. The van der Waals surface area contributed by atoms with Crippen LogP contribution in [0.1, 0.15) is 44.6 Å². The van der Waals surface area contributed by atoms with Crippen molar-refractivity contribution in [2.75, 3.05) is 25.0 Å². The van der Waals surface area contributed by atoms with E-state index >= 15 is 0 Å². The molecule has 4 nitrogen and oxygen atoms in total. The first-order valence-corrected chi connectivity index (χ1v) is 8.90. The molecule has 2 fully saturated rings. The van der Waals surface area contributed by atoms with Crippen molar-refractivity contribution in [1.29, 1.82) is 0 Å². The number of carbonyl (C=O) groups is 1. The van der Waals surface area contributed by atoms with Gasteiger partial charge in [0.25, 0.3) is 0 Å². The van der Waals surface area contributed by atoms with Crippen molar-refractivity contribution in [3.8, 4) is 0 Å². The van der Waals surface area contributed by atoms with Gasteiger partial charge >= 0.3 is 0 Å². The number of anilines is 1. The molecular formula is C19H29N3O. The number of nitrogens with two attached hydrogens (primary N) is 1. The van der Waals surface area contributed by atoms with E-state index in [9.17, 15) is 4.79 Å². The fourth-order valence-electron chi connectivity index (χ4n) is 4.12. The van der Waals surface area contributed by atoms with Gasteiger partial charge in [-0.25, -0.2) is 0 Å². The van der Waals surface area contributed by atoms with E-state index in [0.29, 0.717) is 30.3 Å². The Morgan fingerprint density at radius 1 is 1.35 bits per heavy atom. The summed E-state index contributed by atoms with van der Waals surface area (Å²) < 4.78 is 0. The molecule has 0 aromatic heterocycles. The molecule has 1 aliphatic carbocycles. The van der Waals surface area contributed by atoms with Crippen molar-refractivity contribution in [3.05, 3.63) is 29.8 Å². The number of fused-ring (bicyclic) bond motifs is 1. The van der Waals surface area contributed by atoms with Crippen LogP contribution in [0.3, 0.4) is 0 Å². The lowest BCUT2D eigenvalue weighted by Crippen LogP contribution is -2.38. The van der Waals surface area contributed by atoms with Crippen LogP contribution in [0.5, 0.6) is 0 Å². The highest BCUT2D eigenvalue weighted by Crippen LogP contribution is 2.35. The SMILES string of the molecule is CC(C)c1cccc(NC(=O)CN2CC3CCCC(N)C3C2)c1. The van der Waals surface area contributed by atoms with Crippen LogP contribution in [-0.4, -0.2) is 36.5 Å². The first-order chi connectivity index (χ1) is 11.0. The molecule has 4 heteroatoms. The van der Waals surface area contributed by atoms with Crippen LogP contribution >= 0.6 is 0 Å². The first-order valence-electron chi connectivity index (χ1n) is 8.90. The number of nitrogens with zero attached hydrogens (tertiary/aromatic N) is 1. The van der Waals surface area contributed by atoms with Gasteiger partial charge in [-0.15, -0.1) is 0 Å². The summed E-state index contributed by atoms with van der Waals surface area (Å²) in [5.74, 6) is 1.82. The zero-order valence-corrected chi connectivity index (χ0v) is 14.3. The lowest BCUT2D eigenvalue weighted by molar-refractivity contribution is -0.117. The normalized spacial score (nSPS) is 27.9. The molecule has 1 aromatic carbocycles. The molecule has 0 bridgehead atoms. The third kappa shape index (κ3) is 3.93. The molecule has 2 aliphatic rings. The summed E-state index contributed by atoms with van der Waals surface area (Å²) in [6.45, 7) is 6.81. The van der Waals surface area contributed by atoms with Crippen molar-refractivity contribution < 1.29 is 4.79 Å². The van der Waals surface area contributed by atoms with E-state index in [4.69, 9.17) is 5.73 Å². The monoisotopic (exact) mass is 315 g/mol. The molecule has 1 aromatic rings. The number of carbonyl (C=O) groups excluding carboxylic acids is 1. The number of hydrogen-bond acceptors (Lipinski definition) is 3. The van der Waals surface area contributed by atoms with Crippen LogP contribution in [0.15, 0.2) is 24.3 Å². The van der Waals surface area contributed by atoms with Crippen molar-refractivity contribution in [2.24, 2.45) is 17.6 Å². The van der Waals surface area contributed by atoms with Gasteiger partial charge < -0.3 is 11.1 Å². The molecule has 3 atom stereocenters. The predicted octanol–water partition coefficient (Wildman–Crippen LogP) is 2.81. The van der Waals surface area contributed by atoms with E-state index in [0.717, 1.165) is 25.2 Å². The maximum atomic E-state index is 12.4. The molecule has 0 radical (unpaired) electrons. The summed E-state index contributed by atoms with van der Waals surface area (Å²) in [6, 6.07) is 8.47. The standard InChI is InChI=1S/C19H29N3O/c1-13(2)14-5-3-7-16(9-14)21-19(23)12-22-10-15-6-4-8-18(20)17(15)11-22/h3,5,7,9,13,15,17-18H,4,6,8,10-12,20H2,1-2H3,(H,21,23). The summed E-state index contributed by atoms with van der Waals surface area (Å²) in [7, 11) is 0. The highest BCUT2D eigenvalue weighted by molar-refractivity contribution is 5.92. The average Bonchev–Trinajstić information content (AvgIpc) is 2.91. The zero-order chi connectivity index (χ0) is 16.4. The Bertz CT molecular complexity index is 557. The van der Waals surface area contributed by atoms with Crippen molar-refractivity contribution in [3.63, 3.8) is 0 Å². The van der Waals surface area contributed by atoms with Gasteiger partial charge in [-0.05, 0) is 48.3 Å². The molecule has 1 heterocycles. The minimum Gasteiger partial charge on any atom is -0.327 e. The van der Waals surface area contributed by atoms with Crippen LogP contribution in [0, 0.1) is 11.8 Å². The molecule has 3 N–H and O–H groups in total. The summed E-state index contributed by atoms with van der Waals surface area (Å²) in [5, 5.41) is 3.04. The second-order valence-corrected chi connectivity index (χ2v) is 7.54. The Balaban J connectivity index is 1.55. The van der Waals surface area contributed by atoms with E-state index in [1.807, 2.05) is 12.1 Å². The Kier molecular flexibility index (Phi) is 5.02. The third-order valence-corrected chi connectivity index (χ3v) is 5.43. The van der Waals surface area contributed by atoms with Gasteiger partial charge in [-0.1, -0.05) is 32.4 Å². The molecule has 23 heavy (non-hydrogen) atoms. The van der Waals surface area contributed by atoms with Crippen LogP contribution in [0.25, 0.3) is 0 Å². The maximum absolute atomic E-state index is 12.4. The van der Waals surface area contributed by atoms with Gasteiger partial charge in [-0.3, -0.25) is 9.69 Å². The number of likely N-dealkylation sites (tertiary alicyclic amines) is 1. The Morgan fingerprint density at radius 3 is 2.91 bits per heavy atom. The number of amides is 1. The number of rotatable bonds is 4. The van der Waals surface area contributed by atoms with E-state index in [1.54, 1.807) is 0 Å². The van der Waals surface area contributed by atoms with Gasteiger partial charge in [0, 0.05) is 24.8 Å². The fraction of sp³-hybridized carbons (Fsp3) is 0.632. The second-order valence-electron chi connectivity index (χ2n) is 7.54. The molecular weight excluding hydrogens is 286 g/mol. The van der Waals surface area contributed by atoms with Gasteiger partial charge in [-0.2, -0.15) is 0 Å². The van der Waals surface area contributed by atoms with E-state index in [1.165, 1.54) is 18.4 Å². The molecule has 3 rings (SSSR count). The second kappa shape index (κ2) is 7.02. The summed E-state index contributed by atoms with van der Waals surface area (Å²) in [4.78, 5) is 14.6. The Morgan fingerprint density at radius 2 is 2.17 bits per heavy atom. The summed E-state index contributed by atoms with van der Waals surface area (Å²) in [5.41, 5.74) is 8.40. The minimum absolute atomic E-state index is 0.0816. The molecule has 1 aliphatic heterocycles. The molecule has 1 saturated carbocycles. The Hall–Kier alpha value is -1.39. The van der Waals surface area contributed by atoms with E-state index < -0.39 is 0 Å². The number of nitrogens with one attached hydrogen (secondary N) is 1. The van der Waals surface area contributed by atoms with Crippen LogP contribution < -0.4 is 11.1 Å². The Labute approximate surface area is 139 Å². The molecule has 3 unspecified atom stereocenters. The smallest absolute Gasteiger partial charge is 0.238 e. The quantitative estimate of drug-likeness (QED) is 0.898. The van der Waals surface area contributed by atoms with E-state index in [-0.39, 0.29) is 5.91 Å². The first kappa shape index (κ1) is 16.5. The number of benzene rings is 1. The molecule has 126 valence electrons.